The fourth-order valence-corrected chi connectivity index (χ4v) is 1.29. The van der Waals surface area contributed by atoms with Gasteiger partial charge in [-0.15, -0.1) is 0 Å². The Morgan fingerprint density at radius 1 is 1.53 bits per heavy atom. The third kappa shape index (κ3) is 4.03. The number of hydrogen-bond acceptors (Lipinski definition) is 4. The number of methoxy groups -OCH3 is 1. The fraction of sp³-hybridized carbons (Fsp3) is 0.417. The van der Waals surface area contributed by atoms with Crippen LogP contribution in [-0.2, 0) is 9.53 Å². The zero-order valence-corrected chi connectivity index (χ0v) is 9.90. The van der Waals surface area contributed by atoms with Crippen LogP contribution in [0.15, 0.2) is 18.2 Å². The van der Waals surface area contributed by atoms with Gasteiger partial charge >= 0.3 is 5.97 Å². The third-order valence-corrected chi connectivity index (χ3v) is 2.28. The number of halogens is 1. The summed E-state index contributed by atoms with van der Waals surface area (Å²) in [5, 5.41) is 0. The molecule has 1 aromatic rings. The largest absolute Gasteiger partial charge is 0.490 e. The molecule has 0 aliphatic heterocycles. The number of carbonyl (C=O) groups is 1. The predicted molar refractivity (Wildman–Crippen MR) is 61.2 cm³/mol. The van der Waals surface area contributed by atoms with Crippen molar-refractivity contribution in [1.29, 1.82) is 0 Å². The highest BCUT2D eigenvalue weighted by atomic mass is 19.1. The van der Waals surface area contributed by atoms with E-state index in [1.54, 1.807) is 12.1 Å². The number of hydrogen-bond donors (Lipinski definition) is 1. The summed E-state index contributed by atoms with van der Waals surface area (Å²) in [6, 6.07) is 3.85. The van der Waals surface area contributed by atoms with E-state index in [9.17, 15) is 9.18 Å². The molecule has 2 N–H and O–H groups in total. The van der Waals surface area contributed by atoms with Crippen molar-refractivity contribution >= 4 is 5.97 Å². The summed E-state index contributed by atoms with van der Waals surface area (Å²) in [6.07, 6.45) is 0.278. The predicted octanol–water partition coefficient (Wildman–Crippen LogP) is 1.40. The topological polar surface area (TPSA) is 61.5 Å². The standard InChI is InChI=1S/C12H16FNO3/c1-8-3-4-9(13)11(7-8)17-6-5-10(14)12(15)16-2/h3-4,7,10H,5-6,14H2,1-2H3. The van der Waals surface area contributed by atoms with Gasteiger partial charge < -0.3 is 15.2 Å². The average molecular weight is 241 g/mol. The molecule has 0 aromatic heterocycles. The summed E-state index contributed by atoms with van der Waals surface area (Å²) in [4.78, 5) is 11.0. The molecule has 0 heterocycles. The SMILES string of the molecule is COC(=O)C(N)CCOc1cc(C)ccc1F. The van der Waals surface area contributed by atoms with Gasteiger partial charge in [-0.25, -0.2) is 4.39 Å². The smallest absolute Gasteiger partial charge is 0.322 e. The molecule has 0 bridgehead atoms. The van der Waals surface area contributed by atoms with E-state index >= 15 is 0 Å². The Bertz CT molecular complexity index is 395. The molecule has 1 rings (SSSR count). The van der Waals surface area contributed by atoms with Crippen molar-refractivity contribution < 1.29 is 18.7 Å². The van der Waals surface area contributed by atoms with Gasteiger partial charge in [-0.3, -0.25) is 4.79 Å². The molecule has 94 valence electrons. The number of aryl methyl sites for hydroxylation is 1. The van der Waals surface area contributed by atoms with Crippen molar-refractivity contribution in [2.24, 2.45) is 5.73 Å². The molecule has 0 amide bonds. The molecule has 17 heavy (non-hydrogen) atoms. The first-order chi connectivity index (χ1) is 8.04. The summed E-state index contributed by atoms with van der Waals surface area (Å²) >= 11 is 0. The highest BCUT2D eigenvalue weighted by Gasteiger charge is 2.13. The van der Waals surface area contributed by atoms with Crippen molar-refractivity contribution in [1.82, 2.24) is 0 Å². The van der Waals surface area contributed by atoms with Gasteiger partial charge in [-0.05, 0) is 24.6 Å². The van der Waals surface area contributed by atoms with E-state index in [-0.39, 0.29) is 18.8 Å². The van der Waals surface area contributed by atoms with Crippen LogP contribution in [0.1, 0.15) is 12.0 Å². The lowest BCUT2D eigenvalue weighted by molar-refractivity contribution is -0.142. The van der Waals surface area contributed by atoms with Crippen LogP contribution in [0.2, 0.25) is 0 Å². The summed E-state index contributed by atoms with van der Waals surface area (Å²) in [5.41, 5.74) is 6.41. The first-order valence-corrected chi connectivity index (χ1v) is 5.27. The number of esters is 1. The Morgan fingerprint density at radius 2 is 2.24 bits per heavy atom. The van der Waals surface area contributed by atoms with E-state index in [2.05, 4.69) is 4.74 Å². The summed E-state index contributed by atoms with van der Waals surface area (Å²) in [6.45, 7) is 2.00. The van der Waals surface area contributed by atoms with E-state index in [1.165, 1.54) is 13.2 Å². The molecule has 4 nitrogen and oxygen atoms in total. The molecule has 0 aliphatic rings. The molecule has 1 atom stereocenters. The van der Waals surface area contributed by atoms with Gasteiger partial charge in [0.05, 0.1) is 13.7 Å². The van der Waals surface area contributed by atoms with Crippen molar-refractivity contribution in [3.8, 4) is 5.75 Å². The van der Waals surface area contributed by atoms with E-state index in [1.807, 2.05) is 6.92 Å². The highest BCUT2D eigenvalue weighted by Crippen LogP contribution is 2.18. The first kappa shape index (κ1) is 13.4. The number of benzene rings is 1. The quantitative estimate of drug-likeness (QED) is 0.792. The van der Waals surface area contributed by atoms with E-state index in [0.717, 1.165) is 5.56 Å². The van der Waals surface area contributed by atoms with Gasteiger partial charge in [-0.1, -0.05) is 6.07 Å². The summed E-state index contributed by atoms with van der Waals surface area (Å²) in [7, 11) is 1.27. The third-order valence-electron chi connectivity index (χ3n) is 2.28. The highest BCUT2D eigenvalue weighted by molar-refractivity contribution is 5.75. The lowest BCUT2D eigenvalue weighted by Crippen LogP contribution is -2.33. The van der Waals surface area contributed by atoms with Crippen LogP contribution in [0.25, 0.3) is 0 Å². The Balaban J connectivity index is 2.45. The molecule has 1 unspecified atom stereocenters. The monoisotopic (exact) mass is 241 g/mol. The van der Waals surface area contributed by atoms with Crippen LogP contribution < -0.4 is 10.5 Å². The van der Waals surface area contributed by atoms with Gasteiger partial charge in [0, 0.05) is 6.42 Å². The molecular formula is C12H16FNO3. The zero-order chi connectivity index (χ0) is 12.8. The maximum absolute atomic E-state index is 13.3. The van der Waals surface area contributed by atoms with E-state index < -0.39 is 17.8 Å². The Kier molecular flexibility index (Phi) is 4.90. The number of nitrogens with two attached hydrogens (primary N) is 1. The Labute approximate surface area is 99.5 Å². The molecule has 0 saturated carbocycles. The van der Waals surface area contributed by atoms with Crippen LogP contribution >= 0.6 is 0 Å². The Hall–Kier alpha value is -1.62. The lowest BCUT2D eigenvalue weighted by atomic mass is 10.2. The minimum atomic E-state index is -0.743. The van der Waals surface area contributed by atoms with Crippen LogP contribution in [0.3, 0.4) is 0 Å². The molecule has 5 heteroatoms. The number of rotatable bonds is 5. The van der Waals surface area contributed by atoms with Gasteiger partial charge in [-0.2, -0.15) is 0 Å². The van der Waals surface area contributed by atoms with Crippen LogP contribution in [0.4, 0.5) is 4.39 Å². The van der Waals surface area contributed by atoms with Gasteiger partial charge in [0.25, 0.3) is 0 Å². The summed E-state index contributed by atoms with van der Waals surface area (Å²) < 4.78 is 23.0. The van der Waals surface area contributed by atoms with Gasteiger partial charge in [0.1, 0.15) is 6.04 Å². The van der Waals surface area contributed by atoms with Crippen molar-refractivity contribution in [2.75, 3.05) is 13.7 Å². The van der Waals surface area contributed by atoms with Crippen molar-refractivity contribution in [3.63, 3.8) is 0 Å². The molecular weight excluding hydrogens is 225 g/mol. The van der Waals surface area contributed by atoms with Crippen molar-refractivity contribution in [3.05, 3.63) is 29.6 Å². The maximum atomic E-state index is 13.3. The maximum Gasteiger partial charge on any atom is 0.322 e. The zero-order valence-electron chi connectivity index (χ0n) is 9.90. The van der Waals surface area contributed by atoms with Crippen LogP contribution in [0, 0.1) is 12.7 Å². The molecule has 0 saturated heterocycles. The Morgan fingerprint density at radius 3 is 2.88 bits per heavy atom. The molecule has 0 aliphatic carbocycles. The second-order valence-corrected chi connectivity index (χ2v) is 3.70. The van der Waals surface area contributed by atoms with Crippen LogP contribution in [-0.4, -0.2) is 25.7 Å². The molecule has 0 radical (unpaired) electrons. The van der Waals surface area contributed by atoms with Gasteiger partial charge in [0.15, 0.2) is 11.6 Å². The second kappa shape index (κ2) is 6.20. The summed E-state index contributed by atoms with van der Waals surface area (Å²) in [5.74, 6) is -0.761. The molecule has 1 aromatic carbocycles. The average Bonchev–Trinajstić information content (AvgIpc) is 2.32. The first-order valence-electron chi connectivity index (χ1n) is 5.27. The second-order valence-electron chi connectivity index (χ2n) is 3.70. The minimum absolute atomic E-state index is 0.163. The van der Waals surface area contributed by atoms with E-state index in [0.29, 0.717) is 0 Å². The molecule has 0 fully saturated rings. The lowest BCUT2D eigenvalue weighted by Gasteiger charge is -2.11. The normalized spacial score (nSPS) is 12.0. The number of ether oxygens (including phenoxy) is 2. The minimum Gasteiger partial charge on any atom is -0.490 e. The van der Waals surface area contributed by atoms with Gasteiger partial charge in [0.2, 0.25) is 0 Å². The van der Waals surface area contributed by atoms with Crippen LogP contribution in [0.5, 0.6) is 5.75 Å². The molecule has 0 spiro atoms. The van der Waals surface area contributed by atoms with E-state index in [4.69, 9.17) is 10.5 Å². The number of carbonyl (C=O) groups excluding carboxylic acids is 1. The fourth-order valence-electron chi connectivity index (χ4n) is 1.29. The van der Waals surface area contributed by atoms with Crippen molar-refractivity contribution in [2.45, 2.75) is 19.4 Å².